The lowest BCUT2D eigenvalue weighted by Crippen LogP contribution is -2.01. The third-order valence-electron chi connectivity index (χ3n) is 8.24. The highest BCUT2D eigenvalue weighted by Gasteiger charge is 2.22. The fraction of sp³-hybridized carbons (Fsp3) is 0. The molecule has 6 aromatic carbocycles. The van der Waals surface area contributed by atoms with E-state index in [0.29, 0.717) is 5.56 Å². The molecule has 9 aromatic rings. The first kappa shape index (κ1) is 22.4. The average molecular weight is 541 g/mol. The van der Waals surface area contributed by atoms with Gasteiger partial charge in [0.25, 0.3) is 0 Å². The summed E-state index contributed by atoms with van der Waals surface area (Å²) in [4.78, 5) is 0. The Morgan fingerprint density at radius 3 is 2.29 bits per heavy atom. The highest BCUT2D eigenvalue weighted by molar-refractivity contribution is 7.26. The molecule has 3 nitrogen and oxygen atoms in total. The maximum Gasteiger partial charge on any atom is 0.135 e. The maximum absolute atomic E-state index is 10.5. The fourth-order valence-electron chi connectivity index (χ4n) is 6.50. The second kappa shape index (κ2) is 8.32. The first-order valence-corrected chi connectivity index (χ1v) is 14.4. The Morgan fingerprint density at radius 1 is 0.610 bits per heavy atom. The summed E-state index contributed by atoms with van der Waals surface area (Å²) in [6, 6.07) is 44.7. The second-order valence-corrected chi connectivity index (χ2v) is 11.5. The van der Waals surface area contributed by atoms with E-state index in [1.54, 1.807) is 0 Å². The minimum atomic E-state index is 0.638. The van der Waals surface area contributed by atoms with Gasteiger partial charge >= 0.3 is 0 Å². The van der Waals surface area contributed by atoms with Gasteiger partial charge in [0.1, 0.15) is 17.2 Å². The lowest BCUT2D eigenvalue weighted by atomic mass is 9.98. The first-order valence-electron chi connectivity index (χ1n) is 13.6. The van der Waals surface area contributed by atoms with E-state index in [0.717, 1.165) is 49.8 Å². The Balaban J connectivity index is 1.46. The monoisotopic (exact) mass is 540 g/mol. The molecule has 0 aliphatic carbocycles. The minimum absolute atomic E-state index is 0.638. The van der Waals surface area contributed by atoms with Crippen molar-refractivity contribution < 1.29 is 4.42 Å². The molecule has 0 atom stereocenters. The number of rotatable bonds is 2. The van der Waals surface area contributed by atoms with Gasteiger partial charge in [-0.2, -0.15) is 5.26 Å². The van der Waals surface area contributed by atoms with Gasteiger partial charge in [0.05, 0.1) is 22.3 Å². The predicted octanol–water partition coefficient (Wildman–Crippen LogP) is 10.6. The zero-order valence-electron chi connectivity index (χ0n) is 21.8. The topological polar surface area (TPSA) is 41.9 Å². The van der Waals surface area contributed by atoms with Crippen LogP contribution in [0.4, 0.5) is 0 Å². The molecule has 0 radical (unpaired) electrons. The van der Waals surface area contributed by atoms with Crippen molar-refractivity contribution in [2.24, 2.45) is 0 Å². The fourth-order valence-corrected chi connectivity index (χ4v) is 7.61. The van der Waals surface area contributed by atoms with Crippen LogP contribution >= 0.6 is 11.3 Å². The van der Waals surface area contributed by atoms with Gasteiger partial charge in [-0.15, -0.1) is 11.3 Å². The number of nitriles is 1. The molecule has 0 saturated carbocycles. The number of para-hydroxylation sites is 3. The van der Waals surface area contributed by atoms with Crippen molar-refractivity contribution in [1.29, 1.82) is 5.26 Å². The Labute approximate surface area is 238 Å². The van der Waals surface area contributed by atoms with E-state index in [2.05, 4.69) is 95.6 Å². The lowest BCUT2D eigenvalue weighted by molar-refractivity contribution is 0.669. The number of hydrogen-bond acceptors (Lipinski definition) is 3. The van der Waals surface area contributed by atoms with Crippen LogP contribution in [0.25, 0.3) is 80.7 Å². The van der Waals surface area contributed by atoms with Gasteiger partial charge in [-0.05, 0) is 48.0 Å². The summed E-state index contributed by atoms with van der Waals surface area (Å²) in [6.07, 6.45) is 0. The molecule has 190 valence electrons. The molecule has 0 aliphatic rings. The van der Waals surface area contributed by atoms with E-state index < -0.39 is 0 Å². The number of furan rings is 1. The first-order chi connectivity index (χ1) is 20.3. The second-order valence-electron chi connectivity index (χ2n) is 10.4. The summed E-state index contributed by atoms with van der Waals surface area (Å²) in [6.45, 7) is 0. The number of fused-ring (bicyclic) bond motifs is 10. The van der Waals surface area contributed by atoms with Gasteiger partial charge in [-0.1, -0.05) is 78.9 Å². The Morgan fingerprint density at radius 2 is 1.39 bits per heavy atom. The van der Waals surface area contributed by atoms with E-state index in [1.807, 2.05) is 47.7 Å². The molecule has 41 heavy (non-hydrogen) atoms. The SMILES string of the molecule is N#Cc1cccc(-c2ccc3oc4ccccc4c3c2)c1-n1c2ccccc2c2ccc3sc4ccccc4c3c21. The molecular weight excluding hydrogens is 520 g/mol. The van der Waals surface area contributed by atoms with Gasteiger partial charge < -0.3 is 8.98 Å². The van der Waals surface area contributed by atoms with Crippen molar-refractivity contribution in [1.82, 2.24) is 4.57 Å². The average Bonchev–Trinajstić information content (AvgIpc) is 3.69. The summed E-state index contributed by atoms with van der Waals surface area (Å²) >= 11 is 1.82. The summed E-state index contributed by atoms with van der Waals surface area (Å²) in [5.41, 5.74) is 7.55. The third-order valence-corrected chi connectivity index (χ3v) is 9.38. The number of hydrogen-bond donors (Lipinski definition) is 0. The molecule has 0 bridgehead atoms. The van der Waals surface area contributed by atoms with Crippen LogP contribution in [-0.2, 0) is 0 Å². The van der Waals surface area contributed by atoms with Crippen molar-refractivity contribution in [3.05, 3.63) is 127 Å². The summed E-state index contributed by atoms with van der Waals surface area (Å²) < 4.78 is 11.0. The van der Waals surface area contributed by atoms with Crippen molar-refractivity contribution in [3.63, 3.8) is 0 Å². The summed E-state index contributed by atoms with van der Waals surface area (Å²) in [5.74, 6) is 0. The number of nitrogens with zero attached hydrogens (tertiary/aromatic N) is 2. The van der Waals surface area contributed by atoms with Crippen molar-refractivity contribution in [2.45, 2.75) is 0 Å². The van der Waals surface area contributed by atoms with Crippen LogP contribution in [0.15, 0.2) is 126 Å². The Bertz CT molecular complexity index is 2560. The zero-order valence-corrected chi connectivity index (χ0v) is 22.6. The van der Waals surface area contributed by atoms with Gasteiger partial charge in [0.2, 0.25) is 0 Å². The normalized spacial score (nSPS) is 11.9. The van der Waals surface area contributed by atoms with Crippen molar-refractivity contribution >= 4 is 75.3 Å². The number of benzene rings is 6. The van der Waals surface area contributed by atoms with Crippen LogP contribution < -0.4 is 0 Å². The molecule has 0 N–H and O–H groups in total. The largest absolute Gasteiger partial charge is 0.456 e. The quantitative estimate of drug-likeness (QED) is 0.219. The standard InChI is InChI=1S/C37H20N2OS/c38-21-23-8-7-12-24(22-16-18-32-29(20-22)26-10-2-5-14-31(26)40-32)36(23)39-30-13-4-1-9-25(30)27-17-19-34-35(37(27)39)28-11-3-6-15-33(28)41-34/h1-20H. The molecule has 0 amide bonds. The smallest absolute Gasteiger partial charge is 0.135 e. The molecule has 4 heteroatoms. The maximum atomic E-state index is 10.5. The van der Waals surface area contributed by atoms with E-state index in [9.17, 15) is 5.26 Å². The Kier molecular flexibility index (Phi) is 4.55. The highest BCUT2D eigenvalue weighted by Crippen LogP contribution is 2.45. The van der Waals surface area contributed by atoms with E-state index in [4.69, 9.17) is 4.42 Å². The van der Waals surface area contributed by atoms with Crippen molar-refractivity contribution in [3.8, 4) is 22.9 Å². The highest BCUT2D eigenvalue weighted by atomic mass is 32.1. The van der Waals surface area contributed by atoms with Gasteiger partial charge in [-0.3, -0.25) is 0 Å². The third kappa shape index (κ3) is 3.07. The van der Waals surface area contributed by atoms with Crippen LogP contribution in [-0.4, -0.2) is 4.57 Å². The molecule has 3 aromatic heterocycles. The molecule has 9 rings (SSSR count). The van der Waals surface area contributed by atoms with E-state index >= 15 is 0 Å². The molecular formula is C37H20N2OS. The van der Waals surface area contributed by atoms with E-state index in [-0.39, 0.29) is 0 Å². The molecule has 0 aliphatic heterocycles. The Hall–Kier alpha value is -5.37. The van der Waals surface area contributed by atoms with Crippen LogP contribution in [0.5, 0.6) is 0 Å². The van der Waals surface area contributed by atoms with Crippen LogP contribution in [0.2, 0.25) is 0 Å². The number of thiophene rings is 1. The van der Waals surface area contributed by atoms with Crippen LogP contribution in [0.3, 0.4) is 0 Å². The number of aromatic nitrogens is 1. The van der Waals surface area contributed by atoms with Gasteiger partial charge in [0.15, 0.2) is 0 Å². The summed E-state index contributed by atoms with van der Waals surface area (Å²) in [5, 5.41) is 17.5. The van der Waals surface area contributed by atoms with Crippen molar-refractivity contribution in [2.75, 3.05) is 0 Å². The summed E-state index contributed by atoms with van der Waals surface area (Å²) in [7, 11) is 0. The molecule has 0 saturated heterocycles. The molecule has 0 spiro atoms. The predicted molar refractivity (Wildman–Crippen MR) is 171 cm³/mol. The zero-order chi connectivity index (χ0) is 27.1. The molecule has 0 fully saturated rings. The minimum Gasteiger partial charge on any atom is -0.456 e. The van der Waals surface area contributed by atoms with Crippen LogP contribution in [0, 0.1) is 11.3 Å². The molecule has 3 heterocycles. The lowest BCUT2D eigenvalue weighted by Gasteiger charge is -2.16. The van der Waals surface area contributed by atoms with Crippen LogP contribution in [0.1, 0.15) is 5.56 Å². The van der Waals surface area contributed by atoms with Gasteiger partial charge in [0, 0.05) is 47.3 Å². The van der Waals surface area contributed by atoms with Gasteiger partial charge in [-0.25, -0.2) is 0 Å². The molecule has 0 unspecified atom stereocenters. The van der Waals surface area contributed by atoms with E-state index in [1.165, 1.54) is 30.9 Å².